The molecule has 100 valence electrons. The zero-order valence-corrected chi connectivity index (χ0v) is 11.6. The van der Waals surface area contributed by atoms with Gasteiger partial charge < -0.3 is 10.1 Å². The number of nitrogens with one attached hydrogen (secondary N) is 1. The van der Waals surface area contributed by atoms with E-state index in [1.54, 1.807) is 6.07 Å². The van der Waals surface area contributed by atoms with Gasteiger partial charge in [0.2, 0.25) is 5.88 Å². The summed E-state index contributed by atoms with van der Waals surface area (Å²) in [6.45, 7) is 1.89. The fourth-order valence-corrected chi connectivity index (χ4v) is 2.76. The van der Waals surface area contributed by atoms with Crippen molar-refractivity contribution in [2.45, 2.75) is 6.92 Å². The van der Waals surface area contributed by atoms with Crippen LogP contribution in [0.15, 0.2) is 46.6 Å². The maximum absolute atomic E-state index is 12.3. The highest BCUT2D eigenvalue weighted by Crippen LogP contribution is 2.29. The van der Waals surface area contributed by atoms with Crippen molar-refractivity contribution in [3.05, 3.63) is 57.7 Å². The molecule has 4 nitrogen and oxygen atoms in total. The molecule has 0 atom stereocenters. The van der Waals surface area contributed by atoms with Gasteiger partial charge >= 0.3 is 0 Å². The normalized spacial score (nSPS) is 10.7. The monoisotopic (exact) mass is 284 g/mol. The molecular weight excluding hydrogens is 272 g/mol. The minimum atomic E-state index is -0.338. The van der Waals surface area contributed by atoms with Gasteiger partial charge in [-0.05, 0) is 29.5 Å². The summed E-state index contributed by atoms with van der Waals surface area (Å²) in [5.74, 6) is 0.145. The third-order valence-corrected chi connectivity index (χ3v) is 3.95. The van der Waals surface area contributed by atoms with E-state index >= 15 is 0 Å². The van der Waals surface area contributed by atoms with Crippen LogP contribution in [-0.4, -0.2) is 15.1 Å². The molecule has 5 heteroatoms. The molecule has 20 heavy (non-hydrogen) atoms. The highest BCUT2D eigenvalue weighted by molar-refractivity contribution is 7.13. The van der Waals surface area contributed by atoms with Crippen molar-refractivity contribution < 1.29 is 5.11 Å². The maximum atomic E-state index is 12.3. The van der Waals surface area contributed by atoms with Crippen LogP contribution in [0.1, 0.15) is 5.56 Å². The smallest absolute Gasteiger partial charge is 0.262 e. The molecule has 2 aromatic heterocycles. The Morgan fingerprint density at radius 3 is 2.65 bits per heavy atom. The second-order valence-corrected chi connectivity index (χ2v) is 5.35. The zero-order valence-electron chi connectivity index (χ0n) is 10.8. The van der Waals surface area contributed by atoms with Gasteiger partial charge in [-0.3, -0.25) is 4.79 Å². The fourth-order valence-electron chi connectivity index (χ4n) is 2.09. The van der Waals surface area contributed by atoms with Crippen molar-refractivity contribution in [1.29, 1.82) is 0 Å². The molecule has 3 rings (SSSR count). The summed E-state index contributed by atoms with van der Waals surface area (Å²) < 4.78 is 0. The van der Waals surface area contributed by atoms with Gasteiger partial charge in [-0.25, -0.2) is 0 Å². The second kappa shape index (κ2) is 4.94. The molecule has 2 N–H and O–H groups in total. The molecule has 1 aromatic carbocycles. The first-order chi connectivity index (χ1) is 9.66. The van der Waals surface area contributed by atoms with E-state index in [0.29, 0.717) is 11.4 Å². The topological polar surface area (TPSA) is 66.0 Å². The average Bonchev–Trinajstić information content (AvgIpc) is 2.94. The fraction of sp³-hybridized carbons (Fsp3) is 0.0667. The number of benzene rings is 1. The minimum Gasteiger partial charge on any atom is -0.493 e. The van der Waals surface area contributed by atoms with Crippen LogP contribution in [0.5, 0.6) is 5.88 Å². The Bertz CT molecular complexity index is 807. The predicted octanol–water partition coefficient (Wildman–Crippen LogP) is 3.18. The van der Waals surface area contributed by atoms with Gasteiger partial charge in [0.25, 0.3) is 5.56 Å². The first-order valence-corrected chi connectivity index (χ1v) is 6.98. The molecule has 0 aliphatic carbocycles. The van der Waals surface area contributed by atoms with Crippen LogP contribution in [0.25, 0.3) is 21.8 Å². The lowest BCUT2D eigenvalue weighted by Crippen LogP contribution is -2.12. The lowest BCUT2D eigenvalue weighted by atomic mass is 10.0. The lowest BCUT2D eigenvalue weighted by molar-refractivity contribution is 0.454. The van der Waals surface area contributed by atoms with E-state index in [4.69, 9.17) is 0 Å². The predicted molar refractivity (Wildman–Crippen MR) is 80.0 cm³/mol. The molecule has 0 aliphatic rings. The van der Waals surface area contributed by atoms with Crippen LogP contribution in [0.2, 0.25) is 0 Å². The Labute approximate surface area is 119 Å². The van der Waals surface area contributed by atoms with Gasteiger partial charge in [0, 0.05) is 0 Å². The van der Waals surface area contributed by atoms with Crippen molar-refractivity contribution in [2.24, 2.45) is 0 Å². The molecule has 0 saturated heterocycles. The van der Waals surface area contributed by atoms with Crippen molar-refractivity contribution in [3.8, 4) is 27.7 Å². The number of aryl methyl sites for hydroxylation is 1. The summed E-state index contributed by atoms with van der Waals surface area (Å²) in [4.78, 5) is 19.9. The number of aromatic hydroxyl groups is 1. The largest absolute Gasteiger partial charge is 0.493 e. The van der Waals surface area contributed by atoms with E-state index in [0.717, 1.165) is 10.4 Å². The third kappa shape index (κ3) is 2.12. The molecule has 0 radical (unpaired) electrons. The number of hydrogen-bond donors (Lipinski definition) is 2. The standard InChI is InChI=1S/C15H12N2O2S/c1-9-5-2-3-6-10(9)12-14(18)16-13(17-15(12)19)11-7-4-8-20-11/h2-8H,1H3,(H2,16,17,18,19). The van der Waals surface area contributed by atoms with E-state index < -0.39 is 0 Å². The first kappa shape index (κ1) is 12.6. The first-order valence-electron chi connectivity index (χ1n) is 6.10. The van der Waals surface area contributed by atoms with Crippen LogP contribution in [-0.2, 0) is 0 Å². The number of hydrogen-bond acceptors (Lipinski definition) is 4. The Kier molecular flexibility index (Phi) is 3.12. The Morgan fingerprint density at radius 2 is 2.00 bits per heavy atom. The van der Waals surface area contributed by atoms with Crippen LogP contribution >= 0.6 is 11.3 Å². The highest BCUT2D eigenvalue weighted by Gasteiger charge is 2.15. The molecule has 2 heterocycles. The molecular formula is C15H12N2O2S. The van der Waals surface area contributed by atoms with Crippen molar-refractivity contribution in [3.63, 3.8) is 0 Å². The van der Waals surface area contributed by atoms with Crippen LogP contribution < -0.4 is 5.56 Å². The molecule has 0 spiro atoms. The van der Waals surface area contributed by atoms with Crippen LogP contribution in [0, 0.1) is 6.92 Å². The molecule has 0 saturated carbocycles. The summed E-state index contributed by atoms with van der Waals surface area (Å²) in [6.07, 6.45) is 0. The van der Waals surface area contributed by atoms with Gasteiger partial charge in [0.1, 0.15) is 5.56 Å². The summed E-state index contributed by atoms with van der Waals surface area (Å²) in [6, 6.07) is 11.1. The third-order valence-electron chi connectivity index (χ3n) is 3.07. The molecule has 0 unspecified atom stereocenters. The van der Waals surface area contributed by atoms with Gasteiger partial charge in [-0.15, -0.1) is 11.3 Å². The minimum absolute atomic E-state index is 0.211. The molecule has 0 bridgehead atoms. The van der Waals surface area contributed by atoms with E-state index in [1.807, 2.05) is 42.6 Å². The van der Waals surface area contributed by atoms with E-state index in [1.165, 1.54) is 11.3 Å². The molecule has 0 aliphatic heterocycles. The van der Waals surface area contributed by atoms with E-state index in [-0.39, 0.29) is 17.0 Å². The number of aromatic amines is 1. The summed E-state index contributed by atoms with van der Waals surface area (Å²) in [5.41, 5.74) is 1.48. The SMILES string of the molecule is Cc1ccccc1-c1c(O)nc(-c2cccs2)[nH]c1=O. The molecule has 3 aromatic rings. The molecule has 0 amide bonds. The number of nitrogens with zero attached hydrogens (tertiary/aromatic N) is 1. The van der Waals surface area contributed by atoms with Gasteiger partial charge in [0.05, 0.1) is 4.88 Å². The van der Waals surface area contributed by atoms with Crippen molar-refractivity contribution >= 4 is 11.3 Å². The van der Waals surface area contributed by atoms with Crippen LogP contribution in [0.4, 0.5) is 0 Å². The average molecular weight is 284 g/mol. The zero-order chi connectivity index (χ0) is 14.1. The Morgan fingerprint density at radius 1 is 1.20 bits per heavy atom. The highest BCUT2D eigenvalue weighted by atomic mass is 32.1. The number of rotatable bonds is 2. The Hall–Kier alpha value is -2.40. The lowest BCUT2D eigenvalue weighted by Gasteiger charge is -2.07. The van der Waals surface area contributed by atoms with Crippen molar-refractivity contribution in [1.82, 2.24) is 9.97 Å². The van der Waals surface area contributed by atoms with Crippen molar-refractivity contribution in [2.75, 3.05) is 0 Å². The Balaban J connectivity index is 2.20. The number of aromatic nitrogens is 2. The number of thiophene rings is 1. The van der Waals surface area contributed by atoms with E-state index in [2.05, 4.69) is 9.97 Å². The quantitative estimate of drug-likeness (QED) is 0.759. The van der Waals surface area contributed by atoms with Gasteiger partial charge in [-0.1, -0.05) is 30.3 Å². The summed E-state index contributed by atoms with van der Waals surface area (Å²) >= 11 is 1.45. The second-order valence-electron chi connectivity index (χ2n) is 4.41. The maximum Gasteiger partial charge on any atom is 0.262 e. The summed E-state index contributed by atoms with van der Waals surface area (Å²) in [7, 11) is 0. The number of H-pyrrole nitrogens is 1. The van der Waals surface area contributed by atoms with Gasteiger partial charge in [0.15, 0.2) is 5.82 Å². The summed E-state index contributed by atoms with van der Waals surface area (Å²) in [5, 5.41) is 12.0. The van der Waals surface area contributed by atoms with E-state index in [9.17, 15) is 9.90 Å². The van der Waals surface area contributed by atoms with Gasteiger partial charge in [-0.2, -0.15) is 4.98 Å². The van der Waals surface area contributed by atoms with Crippen LogP contribution in [0.3, 0.4) is 0 Å². The molecule has 0 fully saturated rings.